The molecule has 0 bridgehead atoms. The van der Waals surface area contributed by atoms with Crippen molar-refractivity contribution in [2.24, 2.45) is 5.92 Å². The van der Waals surface area contributed by atoms with E-state index >= 15 is 0 Å². The molecule has 1 saturated heterocycles. The highest BCUT2D eigenvalue weighted by Gasteiger charge is 2.13. The lowest BCUT2D eigenvalue weighted by atomic mass is 9.93. The van der Waals surface area contributed by atoms with Crippen molar-refractivity contribution in [2.45, 2.75) is 25.7 Å². The third-order valence-electron chi connectivity index (χ3n) is 3.22. The van der Waals surface area contributed by atoms with Gasteiger partial charge in [0, 0.05) is 0 Å². The van der Waals surface area contributed by atoms with Crippen molar-refractivity contribution in [1.29, 1.82) is 0 Å². The van der Waals surface area contributed by atoms with Gasteiger partial charge in [0.05, 0.1) is 0 Å². The molecule has 0 amide bonds. The molecular weight excluding hydrogens is 208 g/mol. The first-order valence-corrected chi connectivity index (χ1v) is 5.90. The Hall–Kier alpha value is -0.960. The first-order valence-electron chi connectivity index (χ1n) is 5.90. The largest absolute Gasteiger partial charge is 0.316 e. The lowest BCUT2D eigenvalue weighted by Gasteiger charge is -2.22. The molecule has 1 aromatic rings. The summed E-state index contributed by atoms with van der Waals surface area (Å²) in [7, 11) is 0. The number of halogens is 2. The van der Waals surface area contributed by atoms with E-state index in [-0.39, 0.29) is 0 Å². The van der Waals surface area contributed by atoms with E-state index < -0.39 is 11.6 Å². The number of piperidine rings is 1. The summed E-state index contributed by atoms with van der Waals surface area (Å²) in [6.07, 6.45) is 4.36. The Balaban J connectivity index is 1.86. The highest BCUT2D eigenvalue weighted by atomic mass is 19.2. The molecular formula is C13H17F2N. The second-order valence-corrected chi connectivity index (χ2v) is 4.50. The maximum absolute atomic E-state index is 13.0. The molecule has 0 radical (unpaired) electrons. The lowest BCUT2D eigenvalue weighted by Crippen LogP contribution is -2.29. The van der Waals surface area contributed by atoms with E-state index in [9.17, 15) is 8.78 Å². The average molecular weight is 225 g/mol. The normalized spacial score (nSPS) is 21.0. The zero-order valence-electron chi connectivity index (χ0n) is 9.31. The fourth-order valence-corrected chi connectivity index (χ4v) is 2.24. The van der Waals surface area contributed by atoms with Crippen molar-refractivity contribution in [3.8, 4) is 0 Å². The van der Waals surface area contributed by atoms with Crippen molar-refractivity contribution < 1.29 is 8.78 Å². The van der Waals surface area contributed by atoms with Crippen LogP contribution in [0.2, 0.25) is 0 Å². The van der Waals surface area contributed by atoms with Crippen LogP contribution in [0, 0.1) is 17.6 Å². The molecule has 1 atom stereocenters. The molecule has 16 heavy (non-hydrogen) atoms. The quantitative estimate of drug-likeness (QED) is 0.834. The molecule has 3 heteroatoms. The Labute approximate surface area is 94.9 Å². The van der Waals surface area contributed by atoms with Crippen molar-refractivity contribution in [1.82, 2.24) is 5.32 Å². The number of hydrogen-bond acceptors (Lipinski definition) is 1. The van der Waals surface area contributed by atoms with Crippen LogP contribution in [-0.4, -0.2) is 13.1 Å². The Morgan fingerprint density at radius 3 is 2.81 bits per heavy atom. The van der Waals surface area contributed by atoms with Crippen molar-refractivity contribution in [3.63, 3.8) is 0 Å². The Morgan fingerprint density at radius 2 is 2.12 bits per heavy atom. The summed E-state index contributed by atoms with van der Waals surface area (Å²) in [6, 6.07) is 4.20. The van der Waals surface area contributed by atoms with Gasteiger partial charge in [0.15, 0.2) is 11.6 Å². The second kappa shape index (κ2) is 5.39. The van der Waals surface area contributed by atoms with E-state index in [0.29, 0.717) is 5.92 Å². The van der Waals surface area contributed by atoms with E-state index in [1.165, 1.54) is 25.0 Å². The van der Waals surface area contributed by atoms with Crippen LogP contribution in [-0.2, 0) is 6.42 Å². The van der Waals surface area contributed by atoms with E-state index in [1.807, 2.05) is 0 Å². The predicted molar refractivity (Wildman–Crippen MR) is 60.3 cm³/mol. The number of aryl methyl sites for hydroxylation is 1. The van der Waals surface area contributed by atoms with Crippen LogP contribution in [0.25, 0.3) is 0 Å². The van der Waals surface area contributed by atoms with Crippen LogP contribution in [0.3, 0.4) is 0 Å². The first-order chi connectivity index (χ1) is 7.75. The molecule has 0 spiro atoms. The minimum absolute atomic E-state index is 0.682. The lowest BCUT2D eigenvalue weighted by molar-refractivity contribution is 0.358. The molecule has 2 rings (SSSR count). The highest BCUT2D eigenvalue weighted by Crippen LogP contribution is 2.18. The highest BCUT2D eigenvalue weighted by molar-refractivity contribution is 5.17. The minimum Gasteiger partial charge on any atom is -0.316 e. The van der Waals surface area contributed by atoms with Crippen molar-refractivity contribution in [3.05, 3.63) is 35.4 Å². The second-order valence-electron chi connectivity index (χ2n) is 4.50. The number of nitrogens with one attached hydrogen (secondary N) is 1. The van der Waals surface area contributed by atoms with Crippen molar-refractivity contribution in [2.75, 3.05) is 13.1 Å². The van der Waals surface area contributed by atoms with Gasteiger partial charge < -0.3 is 5.32 Å². The van der Waals surface area contributed by atoms with E-state index in [1.54, 1.807) is 6.07 Å². The van der Waals surface area contributed by atoms with Crippen LogP contribution in [0.5, 0.6) is 0 Å². The maximum Gasteiger partial charge on any atom is 0.159 e. The summed E-state index contributed by atoms with van der Waals surface area (Å²) in [6.45, 7) is 2.17. The standard InChI is InChI=1S/C13H17F2N/c14-12-6-5-10(8-13(12)15)3-4-11-2-1-7-16-9-11/h5-6,8,11,16H,1-4,7,9H2/t11-/m1/s1. The van der Waals surface area contributed by atoms with Gasteiger partial charge in [-0.25, -0.2) is 8.78 Å². The zero-order valence-corrected chi connectivity index (χ0v) is 9.31. The smallest absolute Gasteiger partial charge is 0.159 e. The summed E-state index contributed by atoms with van der Waals surface area (Å²) in [5, 5.41) is 3.36. The van der Waals surface area contributed by atoms with Gasteiger partial charge in [-0.1, -0.05) is 6.07 Å². The monoisotopic (exact) mass is 225 g/mol. The third kappa shape index (κ3) is 3.01. The molecule has 1 aliphatic rings. The Bertz CT molecular complexity index is 346. The maximum atomic E-state index is 13.0. The molecule has 0 aliphatic carbocycles. The fraction of sp³-hybridized carbons (Fsp3) is 0.538. The molecule has 1 fully saturated rings. The number of hydrogen-bond donors (Lipinski definition) is 1. The van der Waals surface area contributed by atoms with Gasteiger partial charge >= 0.3 is 0 Å². The Kier molecular flexibility index (Phi) is 3.88. The molecule has 0 unspecified atom stereocenters. The molecule has 88 valence electrons. The average Bonchev–Trinajstić information content (AvgIpc) is 2.32. The van der Waals surface area contributed by atoms with Crippen LogP contribution in [0.4, 0.5) is 8.78 Å². The third-order valence-corrected chi connectivity index (χ3v) is 3.22. The van der Waals surface area contributed by atoms with Gasteiger partial charge in [-0.05, 0) is 62.4 Å². The van der Waals surface area contributed by atoms with Gasteiger partial charge in [-0.3, -0.25) is 0 Å². The number of rotatable bonds is 3. The fourth-order valence-electron chi connectivity index (χ4n) is 2.24. The van der Waals surface area contributed by atoms with Gasteiger partial charge in [0.1, 0.15) is 0 Å². The molecule has 1 heterocycles. The van der Waals surface area contributed by atoms with Crippen LogP contribution in [0.15, 0.2) is 18.2 Å². The SMILES string of the molecule is Fc1ccc(CC[C@H]2CCCNC2)cc1F. The van der Waals surface area contributed by atoms with Crippen molar-refractivity contribution >= 4 is 0 Å². The molecule has 1 N–H and O–H groups in total. The first kappa shape index (κ1) is 11.5. The van der Waals surface area contributed by atoms with Gasteiger partial charge in [0.25, 0.3) is 0 Å². The predicted octanol–water partition coefficient (Wildman–Crippen LogP) is 2.90. The van der Waals surface area contributed by atoms with Crippen LogP contribution < -0.4 is 5.32 Å². The molecule has 1 aromatic carbocycles. The molecule has 1 nitrogen and oxygen atoms in total. The van der Waals surface area contributed by atoms with Gasteiger partial charge in [-0.2, -0.15) is 0 Å². The van der Waals surface area contributed by atoms with Gasteiger partial charge in [0.2, 0.25) is 0 Å². The van der Waals surface area contributed by atoms with Crippen LogP contribution >= 0.6 is 0 Å². The van der Waals surface area contributed by atoms with Crippen LogP contribution in [0.1, 0.15) is 24.8 Å². The molecule has 1 aliphatic heterocycles. The summed E-state index contributed by atoms with van der Waals surface area (Å²) in [5.41, 5.74) is 0.893. The number of benzene rings is 1. The minimum atomic E-state index is -0.761. The Morgan fingerprint density at radius 1 is 1.25 bits per heavy atom. The van der Waals surface area contributed by atoms with E-state index in [2.05, 4.69) is 5.32 Å². The summed E-state index contributed by atoms with van der Waals surface area (Å²) < 4.78 is 25.7. The summed E-state index contributed by atoms with van der Waals surface area (Å²) in [4.78, 5) is 0. The molecule has 0 aromatic heterocycles. The summed E-state index contributed by atoms with van der Waals surface area (Å²) >= 11 is 0. The van der Waals surface area contributed by atoms with Gasteiger partial charge in [-0.15, -0.1) is 0 Å². The van der Waals surface area contributed by atoms with E-state index in [4.69, 9.17) is 0 Å². The summed E-state index contributed by atoms with van der Waals surface area (Å²) in [5.74, 6) is -0.816. The molecule has 0 saturated carbocycles. The zero-order chi connectivity index (χ0) is 11.4. The van der Waals surface area contributed by atoms with E-state index in [0.717, 1.165) is 31.5 Å². The topological polar surface area (TPSA) is 12.0 Å².